The summed E-state index contributed by atoms with van der Waals surface area (Å²) in [5.74, 6) is -0.879. The van der Waals surface area contributed by atoms with E-state index in [1.54, 1.807) is 11.4 Å². The normalized spacial score (nSPS) is 10.3. The van der Waals surface area contributed by atoms with Crippen molar-refractivity contribution in [2.45, 2.75) is 26.3 Å². The summed E-state index contributed by atoms with van der Waals surface area (Å²) in [7, 11) is 0. The van der Waals surface area contributed by atoms with Gasteiger partial charge in [-0.25, -0.2) is 4.79 Å². The molecule has 1 heterocycles. The van der Waals surface area contributed by atoms with Gasteiger partial charge >= 0.3 is 5.97 Å². The highest BCUT2D eigenvalue weighted by molar-refractivity contribution is 7.12. The van der Waals surface area contributed by atoms with Crippen LogP contribution in [-0.4, -0.2) is 30.1 Å². The zero-order valence-electron chi connectivity index (χ0n) is 10.4. The molecule has 1 rings (SSSR count). The van der Waals surface area contributed by atoms with Gasteiger partial charge in [0.2, 0.25) is 5.91 Å². The number of amides is 1. The molecule has 0 aliphatic heterocycles. The van der Waals surface area contributed by atoms with Crippen molar-refractivity contribution < 1.29 is 14.7 Å². The summed E-state index contributed by atoms with van der Waals surface area (Å²) < 4.78 is 0. The molecule has 1 aromatic rings. The Morgan fingerprint density at radius 3 is 2.83 bits per heavy atom. The van der Waals surface area contributed by atoms with Crippen LogP contribution in [0.25, 0.3) is 0 Å². The van der Waals surface area contributed by atoms with E-state index in [1.165, 1.54) is 11.3 Å². The van der Waals surface area contributed by atoms with Crippen LogP contribution in [0.2, 0.25) is 0 Å². The SMILES string of the molecule is CCCNC(=O)CCNCc1ccsc1C(=O)O. The van der Waals surface area contributed by atoms with Crippen LogP contribution in [0, 0.1) is 0 Å². The number of aromatic carboxylic acids is 1. The van der Waals surface area contributed by atoms with Gasteiger partial charge in [-0.1, -0.05) is 6.92 Å². The third-order valence-electron chi connectivity index (χ3n) is 2.36. The van der Waals surface area contributed by atoms with Crippen LogP contribution >= 0.6 is 11.3 Å². The molecule has 0 atom stereocenters. The molecular formula is C12H18N2O3S. The van der Waals surface area contributed by atoms with E-state index in [-0.39, 0.29) is 5.91 Å². The van der Waals surface area contributed by atoms with Gasteiger partial charge in [0, 0.05) is 26.1 Å². The van der Waals surface area contributed by atoms with Crippen LogP contribution in [0.3, 0.4) is 0 Å². The summed E-state index contributed by atoms with van der Waals surface area (Å²) in [5, 5.41) is 16.5. The van der Waals surface area contributed by atoms with E-state index in [4.69, 9.17) is 5.11 Å². The summed E-state index contributed by atoms with van der Waals surface area (Å²) in [6.45, 7) is 3.73. The zero-order valence-corrected chi connectivity index (χ0v) is 11.2. The van der Waals surface area contributed by atoms with Crippen molar-refractivity contribution in [1.82, 2.24) is 10.6 Å². The molecule has 0 aliphatic rings. The summed E-state index contributed by atoms with van der Waals surface area (Å²) in [6, 6.07) is 1.79. The van der Waals surface area contributed by atoms with Gasteiger partial charge in [-0.2, -0.15) is 0 Å². The maximum absolute atomic E-state index is 11.3. The quantitative estimate of drug-likeness (QED) is 0.625. The van der Waals surface area contributed by atoms with E-state index >= 15 is 0 Å². The van der Waals surface area contributed by atoms with Crippen molar-refractivity contribution in [2.75, 3.05) is 13.1 Å². The predicted octanol–water partition coefficient (Wildman–Crippen LogP) is 1.45. The van der Waals surface area contributed by atoms with Gasteiger partial charge < -0.3 is 15.7 Å². The first-order valence-electron chi connectivity index (χ1n) is 5.92. The number of nitrogens with one attached hydrogen (secondary N) is 2. The third-order valence-corrected chi connectivity index (χ3v) is 3.30. The minimum Gasteiger partial charge on any atom is -0.477 e. The summed E-state index contributed by atoms with van der Waals surface area (Å²) in [6.07, 6.45) is 1.34. The monoisotopic (exact) mass is 270 g/mol. The van der Waals surface area contributed by atoms with Crippen LogP contribution in [0.4, 0.5) is 0 Å². The van der Waals surface area contributed by atoms with E-state index in [1.807, 2.05) is 6.92 Å². The Kier molecular flexibility index (Phi) is 6.38. The molecule has 1 aromatic heterocycles. The molecule has 0 unspecified atom stereocenters. The van der Waals surface area contributed by atoms with Gasteiger partial charge in [0.25, 0.3) is 0 Å². The molecule has 0 saturated heterocycles. The molecule has 100 valence electrons. The fourth-order valence-corrected chi connectivity index (χ4v) is 2.20. The summed E-state index contributed by atoms with van der Waals surface area (Å²) >= 11 is 1.21. The number of carboxylic acid groups (broad SMARTS) is 1. The van der Waals surface area contributed by atoms with Crippen molar-refractivity contribution in [3.05, 3.63) is 21.9 Å². The fourth-order valence-electron chi connectivity index (χ4n) is 1.44. The lowest BCUT2D eigenvalue weighted by Crippen LogP contribution is -2.28. The first kappa shape index (κ1) is 14.7. The maximum atomic E-state index is 11.3. The molecule has 3 N–H and O–H groups in total. The molecule has 0 saturated carbocycles. The van der Waals surface area contributed by atoms with Crippen LogP contribution < -0.4 is 10.6 Å². The highest BCUT2D eigenvalue weighted by atomic mass is 32.1. The molecule has 0 bridgehead atoms. The van der Waals surface area contributed by atoms with E-state index in [0.717, 1.165) is 12.0 Å². The van der Waals surface area contributed by atoms with Gasteiger partial charge in [-0.05, 0) is 23.4 Å². The van der Waals surface area contributed by atoms with Gasteiger partial charge in [0.15, 0.2) is 0 Å². The third kappa shape index (κ3) is 4.85. The second kappa shape index (κ2) is 7.84. The lowest BCUT2D eigenvalue weighted by Gasteiger charge is -2.05. The Balaban J connectivity index is 2.23. The van der Waals surface area contributed by atoms with E-state index in [9.17, 15) is 9.59 Å². The lowest BCUT2D eigenvalue weighted by molar-refractivity contribution is -0.120. The molecule has 0 aliphatic carbocycles. The molecule has 1 amide bonds. The van der Waals surface area contributed by atoms with Gasteiger partial charge in [0.1, 0.15) is 4.88 Å². The average Bonchev–Trinajstić information content (AvgIpc) is 2.80. The molecule has 0 aromatic carbocycles. The number of carbonyl (C=O) groups is 2. The van der Waals surface area contributed by atoms with E-state index in [2.05, 4.69) is 10.6 Å². The van der Waals surface area contributed by atoms with Crippen LogP contribution in [0.1, 0.15) is 35.0 Å². The van der Waals surface area contributed by atoms with E-state index < -0.39 is 5.97 Å². The summed E-state index contributed by atoms with van der Waals surface area (Å²) in [5.41, 5.74) is 0.765. The Hall–Kier alpha value is -1.40. The van der Waals surface area contributed by atoms with Gasteiger partial charge in [-0.15, -0.1) is 11.3 Å². The Morgan fingerprint density at radius 1 is 1.39 bits per heavy atom. The number of rotatable bonds is 8. The first-order chi connectivity index (χ1) is 8.65. The van der Waals surface area contributed by atoms with Crippen molar-refractivity contribution in [3.8, 4) is 0 Å². The molecule has 0 spiro atoms. The second-order valence-electron chi connectivity index (χ2n) is 3.86. The Bertz CT molecular complexity index is 404. The molecule has 0 radical (unpaired) electrons. The van der Waals surface area contributed by atoms with Crippen molar-refractivity contribution in [3.63, 3.8) is 0 Å². The highest BCUT2D eigenvalue weighted by Crippen LogP contribution is 2.16. The van der Waals surface area contributed by atoms with Crippen LogP contribution in [0.5, 0.6) is 0 Å². The number of carboxylic acids is 1. The van der Waals surface area contributed by atoms with Crippen molar-refractivity contribution in [2.24, 2.45) is 0 Å². The molecule has 0 fully saturated rings. The number of carbonyl (C=O) groups excluding carboxylic acids is 1. The van der Waals surface area contributed by atoms with Crippen molar-refractivity contribution >= 4 is 23.2 Å². The average molecular weight is 270 g/mol. The van der Waals surface area contributed by atoms with Gasteiger partial charge in [0.05, 0.1) is 0 Å². The maximum Gasteiger partial charge on any atom is 0.346 e. The minimum absolute atomic E-state index is 0.0214. The summed E-state index contributed by atoms with van der Waals surface area (Å²) in [4.78, 5) is 22.5. The lowest BCUT2D eigenvalue weighted by atomic mass is 10.2. The molecule has 5 nitrogen and oxygen atoms in total. The molecular weight excluding hydrogens is 252 g/mol. The fraction of sp³-hybridized carbons (Fsp3) is 0.500. The predicted molar refractivity (Wildman–Crippen MR) is 70.9 cm³/mol. The van der Waals surface area contributed by atoms with Crippen LogP contribution in [-0.2, 0) is 11.3 Å². The number of hydrogen-bond donors (Lipinski definition) is 3. The highest BCUT2D eigenvalue weighted by Gasteiger charge is 2.10. The number of hydrogen-bond acceptors (Lipinski definition) is 4. The standard InChI is InChI=1S/C12H18N2O3S/c1-2-5-14-10(15)3-6-13-8-9-4-7-18-11(9)12(16)17/h4,7,13H,2-3,5-6,8H2,1H3,(H,14,15)(H,16,17). The van der Waals surface area contributed by atoms with Crippen molar-refractivity contribution in [1.29, 1.82) is 0 Å². The first-order valence-corrected chi connectivity index (χ1v) is 6.80. The Labute approximate surface area is 110 Å². The molecule has 18 heavy (non-hydrogen) atoms. The molecule has 6 heteroatoms. The smallest absolute Gasteiger partial charge is 0.346 e. The largest absolute Gasteiger partial charge is 0.477 e. The number of thiophene rings is 1. The van der Waals surface area contributed by atoms with Gasteiger partial charge in [-0.3, -0.25) is 4.79 Å². The topological polar surface area (TPSA) is 78.4 Å². The van der Waals surface area contributed by atoms with Crippen LogP contribution in [0.15, 0.2) is 11.4 Å². The van der Waals surface area contributed by atoms with E-state index in [0.29, 0.717) is 30.9 Å². The zero-order chi connectivity index (χ0) is 13.4. The Morgan fingerprint density at radius 2 is 2.17 bits per heavy atom. The second-order valence-corrected chi connectivity index (χ2v) is 4.77. The minimum atomic E-state index is -0.900.